The van der Waals surface area contributed by atoms with E-state index < -0.39 is 29.5 Å². The number of amides is 2. The molecule has 0 aromatic heterocycles. The average molecular weight is 382 g/mol. The molecule has 146 valence electrons. The Hall–Kier alpha value is -3.48. The first-order chi connectivity index (χ1) is 13.4. The van der Waals surface area contributed by atoms with E-state index in [0.29, 0.717) is 16.9 Å². The summed E-state index contributed by atoms with van der Waals surface area (Å²) in [6.07, 6.45) is -0.267. The lowest BCUT2D eigenvalue weighted by Crippen LogP contribution is -2.32. The van der Waals surface area contributed by atoms with Gasteiger partial charge in [0.2, 0.25) is 11.8 Å². The second-order valence-electron chi connectivity index (χ2n) is 6.07. The highest BCUT2D eigenvalue weighted by Crippen LogP contribution is 2.15. The van der Waals surface area contributed by atoms with E-state index in [-0.39, 0.29) is 13.0 Å². The molecule has 28 heavy (non-hydrogen) atoms. The monoisotopic (exact) mass is 382 g/mol. The molecule has 0 saturated carbocycles. The number of carbonyl (C=O) groups excluding carboxylic acids is 4. The van der Waals surface area contributed by atoms with Crippen molar-refractivity contribution in [1.82, 2.24) is 0 Å². The van der Waals surface area contributed by atoms with Crippen LogP contribution in [-0.4, -0.2) is 30.2 Å². The van der Waals surface area contributed by atoms with Crippen molar-refractivity contribution in [2.45, 2.75) is 20.3 Å². The lowest BCUT2D eigenvalue weighted by atomic mass is 9.99. The number of ketones is 1. The quantitative estimate of drug-likeness (QED) is 0.540. The molecular weight excluding hydrogens is 360 g/mol. The average Bonchev–Trinajstić information content (AvgIpc) is 2.67. The van der Waals surface area contributed by atoms with E-state index in [2.05, 4.69) is 10.6 Å². The zero-order chi connectivity index (χ0) is 20.5. The summed E-state index contributed by atoms with van der Waals surface area (Å²) < 4.78 is 4.90. The van der Waals surface area contributed by atoms with Gasteiger partial charge in [0.25, 0.3) is 0 Å². The van der Waals surface area contributed by atoms with Crippen LogP contribution in [-0.2, 0) is 19.1 Å². The molecule has 0 bridgehead atoms. The number of carbonyl (C=O) groups is 4. The van der Waals surface area contributed by atoms with Gasteiger partial charge in [-0.05, 0) is 50.2 Å². The lowest BCUT2D eigenvalue weighted by Gasteiger charge is -2.14. The van der Waals surface area contributed by atoms with Crippen molar-refractivity contribution in [2.24, 2.45) is 5.92 Å². The predicted molar refractivity (Wildman–Crippen MR) is 105 cm³/mol. The maximum Gasteiger partial charge on any atom is 0.338 e. The van der Waals surface area contributed by atoms with E-state index in [9.17, 15) is 19.2 Å². The minimum Gasteiger partial charge on any atom is -0.462 e. The van der Waals surface area contributed by atoms with Crippen molar-refractivity contribution < 1.29 is 23.9 Å². The van der Waals surface area contributed by atoms with Crippen molar-refractivity contribution in [3.63, 3.8) is 0 Å². The second-order valence-corrected chi connectivity index (χ2v) is 6.07. The van der Waals surface area contributed by atoms with Gasteiger partial charge >= 0.3 is 5.97 Å². The molecule has 2 amide bonds. The molecule has 2 aromatic rings. The van der Waals surface area contributed by atoms with Gasteiger partial charge in [-0.3, -0.25) is 14.4 Å². The predicted octanol–water partition coefficient (Wildman–Crippen LogP) is 3.04. The van der Waals surface area contributed by atoms with Crippen LogP contribution in [0, 0.1) is 5.92 Å². The van der Waals surface area contributed by atoms with E-state index in [1.807, 2.05) is 6.07 Å². The molecule has 0 saturated heterocycles. The number of hydrogen-bond donors (Lipinski definition) is 2. The minimum absolute atomic E-state index is 0.267. The Morgan fingerprint density at radius 2 is 1.50 bits per heavy atom. The third kappa shape index (κ3) is 6.05. The standard InChI is InChI=1S/C21H22N2O5/c1-3-28-21(27)15-9-11-17(12-10-15)23-20(26)18(14(2)24)13-19(25)22-16-7-5-4-6-8-16/h4-12,18H,3,13H2,1-2H3,(H,22,25)(H,23,26). The van der Waals surface area contributed by atoms with Gasteiger partial charge in [0, 0.05) is 17.8 Å². The van der Waals surface area contributed by atoms with Crippen LogP contribution in [0.25, 0.3) is 0 Å². The van der Waals surface area contributed by atoms with Gasteiger partial charge in [0.15, 0.2) is 0 Å². The molecule has 2 aromatic carbocycles. The molecule has 2 N–H and O–H groups in total. The fourth-order valence-corrected chi connectivity index (χ4v) is 2.47. The molecule has 0 aliphatic carbocycles. The molecule has 0 aliphatic heterocycles. The van der Waals surface area contributed by atoms with Crippen LogP contribution in [0.5, 0.6) is 0 Å². The molecule has 0 spiro atoms. The highest BCUT2D eigenvalue weighted by atomic mass is 16.5. The van der Waals surface area contributed by atoms with Gasteiger partial charge < -0.3 is 15.4 Å². The Bertz CT molecular complexity index is 847. The van der Waals surface area contributed by atoms with Crippen molar-refractivity contribution >= 4 is 34.9 Å². The van der Waals surface area contributed by atoms with E-state index >= 15 is 0 Å². The van der Waals surface area contributed by atoms with E-state index in [0.717, 1.165) is 0 Å². The number of anilines is 2. The second kappa shape index (κ2) is 10.0. The number of ether oxygens (including phenoxy) is 1. The summed E-state index contributed by atoms with van der Waals surface area (Å²) in [7, 11) is 0. The van der Waals surface area contributed by atoms with Gasteiger partial charge in [0.1, 0.15) is 11.7 Å². The molecule has 0 heterocycles. The van der Waals surface area contributed by atoms with Crippen LogP contribution in [0.4, 0.5) is 11.4 Å². The molecule has 2 rings (SSSR count). The Morgan fingerprint density at radius 1 is 0.893 bits per heavy atom. The molecule has 7 nitrogen and oxygen atoms in total. The Labute approximate surface area is 163 Å². The van der Waals surface area contributed by atoms with E-state index in [1.165, 1.54) is 31.2 Å². The number of hydrogen-bond acceptors (Lipinski definition) is 5. The van der Waals surface area contributed by atoms with Crippen LogP contribution < -0.4 is 10.6 Å². The summed E-state index contributed by atoms with van der Waals surface area (Å²) in [5.41, 5.74) is 1.35. The summed E-state index contributed by atoms with van der Waals surface area (Å²) >= 11 is 0. The minimum atomic E-state index is -1.12. The normalized spacial score (nSPS) is 11.2. The topological polar surface area (TPSA) is 102 Å². The fraction of sp³-hybridized carbons (Fsp3) is 0.238. The van der Waals surface area contributed by atoms with Crippen molar-refractivity contribution in [1.29, 1.82) is 0 Å². The van der Waals surface area contributed by atoms with Crippen LogP contribution in [0.2, 0.25) is 0 Å². The number of rotatable bonds is 8. The summed E-state index contributed by atoms with van der Waals surface area (Å²) in [6, 6.07) is 14.9. The largest absolute Gasteiger partial charge is 0.462 e. The molecule has 1 unspecified atom stereocenters. The van der Waals surface area contributed by atoms with Gasteiger partial charge in [-0.25, -0.2) is 4.79 Å². The van der Waals surface area contributed by atoms with Crippen LogP contribution in [0.3, 0.4) is 0 Å². The van der Waals surface area contributed by atoms with Crippen LogP contribution >= 0.6 is 0 Å². The van der Waals surface area contributed by atoms with Gasteiger partial charge in [-0.15, -0.1) is 0 Å². The number of esters is 1. The first kappa shape index (κ1) is 20.8. The Balaban J connectivity index is 1.99. The van der Waals surface area contributed by atoms with Gasteiger partial charge in [-0.2, -0.15) is 0 Å². The lowest BCUT2D eigenvalue weighted by molar-refractivity contribution is -0.133. The maximum absolute atomic E-state index is 12.5. The number of nitrogens with one attached hydrogen (secondary N) is 2. The zero-order valence-electron chi connectivity index (χ0n) is 15.7. The third-order valence-corrected chi connectivity index (χ3v) is 3.92. The van der Waals surface area contributed by atoms with Gasteiger partial charge in [-0.1, -0.05) is 18.2 Å². The Kier molecular flexibility index (Phi) is 7.45. The molecule has 7 heteroatoms. The van der Waals surface area contributed by atoms with E-state index in [4.69, 9.17) is 4.74 Å². The summed E-state index contributed by atoms with van der Waals surface area (Å²) in [5, 5.41) is 5.25. The smallest absolute Gasteiger partial charge is 0.338 e. The number of Topliss-reactive ketones (excluding diaryl/α,β-unsaturated/α-hetero) is 1. The summed E-state index contributed by atoms with van der Waals surface area (Å²) in [4.78, 5) is 48.2. The van der Waals surface area contributed by atoms with Crippen LogP contribution in [0.15, 0.2) is 54.6 Å². The molecule has 0 radical (unpaired) electrons. The SMILES string of the molecule is CCOC(=O)c1ccc(NC(=O)C(CC(=O)Nc2ccccc2)C(C)=O)cc1. The molecule has 0 fully saturated rings. The Morgan fingerprint density at radius 3 is 2.07 bits per heavy atom. The first-order valence-electron chi connectivity index (χ1n) is 8.84. The van der Waals surface area contributed by atoms with Crippen molar-refractivity contribution in [3.05, 3.63) is 60.2 Å². The maximum atomic E-state index is 12.5. The first-order valence-corrected chi connectivity index (χ1v) is 8.84. The highest BCUT2D eigenvalue weighted by Gasteiger charge is 2.26. The highest BCUT2D eigenvalue weighted by molar-refractivity contribution is 6.09. The zero-order valence-corrected chi connectivity index (χ0v) is 15.7. The van der Waals surface area contributed by atoms with Crippen LogP contribution in [0.1, 0.15) is 30.6 Å². The van der Waals surface area contributed by atoms with Crippen molar-refractivity contribution in [3.8, 4) is 0 Å². The number of benzene rings is 2. The summed E-state index contributed by atoms with van der Waals surface area (Å²) in [5.74, 6) is -3.00. The van der Waals surface area contributed by atoms with E-state index in [1.54, 1.807) is 31.2 Å². The van der Waals surface area contributed by atoms with Crippen molar-refractivity contribution in [2.75, 3.05) is 17.2 Å². The molecule has 0 aliphatic rings. The fourth-order valence-electron chi connectivity index (χ4n) is 2.47. The molecular formula is C21H22N2O5. The molecule has 1 atom stereocenters. The third-order valence-electron chi connectivity index (χ3n) is 3.92. The summed E-state index contributed by atoms with van der Waals surface area (Å²) in [6.45, 7) is 3.24. The van der Waals surface area contributed by atoms with Gasteiger partial charge in [0.05, 0.1) is 12.2 Å². The number of para-hydroxylation sites is 1.